The second-order valence-corrected chi connectivity index (χ2v) is 10.2. The molecule has 5 nitrogen and oxygen atoms in total. The molecule has 184 valence electrons. The van der Waals surface area contributed by atoms with Crippen LogP contribution in [0.2, 0.25) is 0 Å². The van der Waals surface area contributed by atoms with Crippen LogP contribution in [0.3, 0.4) is 0 Å². The highest BCUT2D eigenvalue weighted by molar-refractivity contribution is 5.70. The normalized spacial score (nSPS) is 20.0. The van der Waals surface area contributed by atoms with Gasteiger partial charge in [0, 0.05) is 24.1 Å². The highest BCUT2D eigenvalue weighted by atomic mass is 19.1. The molecule has 1 heterocycles. The van der Waals surface area contributed by atoms with Crippen LogP contribution in [0.15, 0.2) is 60.7 Å². The Morgan fingerprint density at radius 3 is 2.38 bits per heavy atom. The Kier molecular flexibility index (Phi) is 8.16. The summed E-state index contributed by atoms with van der Waals surface area (Å²) >= 11 is 0. The molecule has 1 aliphatic heterocycles. The van der Waals surface area contributed by atoms with Crippen molar-refractivity contribution in [2.75, 3.05) is 4.90 Å². The fourth-order valence-electron chi connectivity index (χ4n) is 4.62. The number of para-hydroxylation sites is 1. The molecule has 1 aliphatic rings. The Balaban J connectivity index is 1.80. The molecule has 2 aromatic rings. The molecule has 2 aromatic carbocycles. The quantitative estimate of drug-likeness (QED) is 0.423. The van der Waals surface area contributed by atoms with Gasteiger partial charge in [-0.1, -0.05) is 42.5 Å². The summed E-state index contributed by atoms with van der Waals surface area (Å²) in [4.78, 5) is 14.3. The van der Waals surface area contributed by atoms with Crippen molar-refractivity contribution in [2.24, 2.45) is 0 Å². The van der Waals surface area contributed by atoms with Crippen LogP contribution < -0.4 is 4.90 Å². The number of fused-ring (bicyclic) bond motifs is 1. The SMILES string of the molecule is CC(C)N1c2ccccc2[C@H](c2ccc(F)cc2)[C@H]1/C=C\[C@@H](O)C[C@H](O)CC(=O)OC(C)(C)C. The molecule has 0 saturated carbocycles. The van der Waals surface area contributed by atoms with Crippen molar-refractivity contribution in [3.8, 4) is 0 Å². The lowest BCUT2D eigenvalue weighted by atomic mass is 9.87. The molecule has 0 unspecified atom stereocenters. The summed E-state index contributed by atoms with van der Waals surface area (Å²) in [6, 6.07) is 14.8. The lowest BCUT2D eigenvalue weighted by Gasteiger charge is -2.32. The van der Waals surface area contributed by atoms with Crippen LogP contribution in [0, 0.1) is 5.82 Å². The maximum absolute atomic E-state index is 13.6. The highest BCUT2D eigenvalue weighted by Crippen LogP contribution is 2.46. The number of aliphatic hydroxyl groups excluding tert-OH is 2. The zero-order valence-corrected chi connectivity index (χ0v) is 20.6. The van der Waals surface area contributed by atoms with E-state index in [2.05, 4.69) is 30.9 Å². The summed E-state index contributed by atoms with van der Waals surface area (Å²) < 4.78 is 18.9. The van der Waals surface area contributed by atoms with Crippen molar-refractivity contribution in [1.29, 1.82) is 0 Å². The number of hydrogen-bond acceptors (Lipinski definition) is 5. The molecule has 4 atom stereocenters. The first-order chi connectivity index (χ1) is 16.0. The minimum atomic E-state index is -1.01. The van der Waals surface area contributed by atoms with Gasteiger partial charge < -0.3 is 19.8 Å². The van der Waals surface area contributed by atoms with E-state index in [9.17, 15) is 19.4 Å². The maximum atomic E-state index is 13.6. The topological polar surface area (TPSA) is 70.0 Å². The number of aliphatic hydroxyl groups is 2. The molecule has 0 aromatic heterocycles. The molecule has 0 fully saturated rings. The number of rotatable bonds is 8. The number of anilines is 1. The first-order valence-electron chi connectivity index (χ1n) is 11.9. The summed E-state index contributed by atoms with van der Waals surface area (Å²) in [5.41, 5.74) is 2.63. The fourth-order valence-corrected chi connectivity index (χ4v) is 4.62. The molecule has 0 amide bonds. The van der Waals surface area contributed by atoms with Crippen LogP contribution in [-0.2, 0) is 9.53 Å². The van der Waals surface area contributed by atoms with Gasteiger partial charge in [-0.2, -0.15) is 0 Å². The van der Waals surface area contributed by atoms with Crippen LogP contribution in [0.5, 0.6) is 0 Å². The van der Waals surface area contributed by atoms with Gasteiger partial charge >= 0.3 is 5.97 Å². The molecule has 6 heteroatoms. The first kappa shape index (κ1) is 25.9. The lowest BCUT2D eigenvalue weighted by Crippen LogP contribution is -2.38. The van der Waals surface area contributed by atoms with Gasteiger partial charge in [0.05, 0.1) is 24.7 Å². The summed E-state index contributed by atoms with van der Waals surface area (Å²) in [5.74, 6) is -0.809. The van der Waals surface area contributed by atoms with Crippen molar-refractivity contribution >= 4 is 11.7 Å². The number of carbonyl (C=O) groups excluding carboxylic acids is 1. The van der Waals surface area contributed by atoms with E-state index >= 15 is 0 Å². The summed E-state index contributed by atoms with van der Waals surface area (Å²) in [6.45, 7) is 9.54. The zero-order valence-electron chi connectivity index (χ0n) is 20.6. The van der Waals surface area contributed by atoms with Crippen LogP contribution in [-0.4, -0.2) is 46.1 Å². The smallest absolute Gasteiger partial charge is 0.308 e. The van der Waals surface area contributed by atoms with E-state index in [1.54, 1.807) is 26.8 Å². The average Bonchev–Trinajstić information content (AvgIpc) is 3.05. The molecule has 3 rings (SSSR count). The van der Waals surface area contributed by atoms with Gasteiger partial charge in [0.25, 0.3) is 0 Å². The molecule has 34 heavy (non-hydrogen) atoms. The van der Waals surface area contributed by atoms with Gasteiger partial charge in [-0.15, -0.1) is 0 Å². The van der Waals surface area contributed by atoms with Crippen molar-refractivity contribution < 1.29 is 24.1 Å². The van der Waals surface area contributed by atoms with E-state index in [0.717, 1.165) is 16.8 Å². The van der Waals surface area contributed by atoms with E-state index in [1.807, 2.05) is 30.3 Å². The van der Waals surface area contributed by atoms with E-state index in [1.165, 1.54) is 12.1 Å². The fraction of sp³-hybridized carbons (Fsp3) is 0.464. The third kappa shape index (κ3) is 6.45. The predicted molar refractivity (Wildman–Crippen MR) is 132 cm³/mol. The highest BCUT2D eigenvalue weighted by Gasteiger charge is 2.39. The van der Waals surface area contributed by atoms with Crippen molar-refractivity contribution in [2.45, 2.75) is 83.3 Å². The van der Waals surface area contributed by atoms with Crippen LogP contribution in [0.25, 0.3) is 0 Å². The Hall–Kier alpha value is -2.70. The van der Waals surface area contributed by atoms with E-state index in [0.29, 0.717) is 0 Å². The van der Waals surface area contributed by atoms with Crippen molar-refractivity contribution in [1.82, 2.24) is 0 Å². The standard InChI is InChI=1S/C28H36FNO4/c1-18(2)30-24-9-7-6-8-23(24)27(19-10-12-20(29)13-11-19)25(30)15-14-21(31)16-22(32)17-26(33)34-28(3,4)5/h6-15,18,21-22,25,27,31-32H,16-17H2,1-5H3/b15-14-/t21-,22+,25-,27+/m1/s1. The van der Waals surface area contributed by atoms with Crippen LogP contribution in [0.1, 0.15) is 64.5 Å². The number of nitrogens with zero attached hydrogens (tertiary/aromatic N) is 1. The predicted octanol–water partition coefficient (Wildman–Crippen LogP) is 4.95. The second-order valence-electron chi connectivity index (χ2n) is 10.2. The number of halogens is 1. The third-order valence-electron chi connectivity index (χ3n) is 5.86. The molecule has 0 bridgehead atoms. The van der Waals surface area contributed by atoms with Gasteiger partial charge in [-0.3, -0.25) is 4.79 Å². The second kappa shape index (κ2) is 10.7. The van der Waals surface area contributed by atoms with Gasteiger partial charge in [-0.25, -0.2) is 4.39 Å². The van der Waals surface area contributed by atoms with Crippen LogP contribution >= 0.6 is 0 Å². The van der Waals surface area contributed by atoms with Gasteiger partial charge in [0.2, 0.25) is 0 Å². The minimum absolute atomic E-state index is 0.0261. The van der Waals surface area contributed by atoms with Crippen molar-refractivity contribution in [3.63, 3.8) is 0 Å². The number of carbonyl (C=O) groups is 1. The van der Waals surface area contributed by atoms with E-state index in [-0.39, 0.29) is 36.7 Å². The Morgan fingerprint density at radius 1 is 1.12 bits per heavy atom. The number of hydrogen-bond donors (Lipinski definition) is 2. The van der Waals surface area contributed by atoms with Crippen LogP contribution in [0.4, 0.5) is 10.1 Å². The average molecular weight is 470 g/mol. The molecule has 0 saturated heterocycles. The molecule has 2 N–H and O–H groups in total. The third-order valence-corrected chi connectivity index (χ3v) is 5.86. The molecule has 0 aliphatic carbocycles. The molecular formula is C28H36FNO4. The molecule has 0 radical (unpaired) electrons. The lowest BCUT2D eigenvalue weighted by molar-refractivity contribution is -0.157. The molecule has 0 spiro atoms. The Labute approximate surface area is 201 Å². The Bertz CT molecular complexity index is 996. The number of esters is 1. The van der Waals surface area contributed by atoms with E-state index in [4.69, 9.17) is 4.74 Å². The zero-order chi connectivity index (χ0) is 25.0. The summed E-state index contributed by atoms with van der Waals surface area (Å²) in [6.07, 6.45) is 1.55. The minimum Gasteiger partial charge on any atom is -0.460 e. The Morgan fingerprint density at radius 2 is 1.76 bits per heavy atom. The van der Waals surface area contributed by atoms with Gasteiger partial charge in [0.15, 0.2) is 0 Å². The largest absolute Gasteiger partial charge is 0.460 e. The monoisotopic (exact) mass is 469 g/mol. The molecular weight excluding hydrogens is 433 g/mol. The summed E-state index contributed by atoms with van der Waals surface area (Å²) in [5, 5.41) is 20.9. The number of benzene rings is 2. The first-order valence-corrected chi connectivity index (χ1v) is 11.9. The van der Waals surface area contributed by atoms with Gasteiger partial charge in [0.1, 0.15) is 11.4 Å². The summed E-state index contributed by atoms with van der Waals surface area (Å²) in [7, 11) is 0. The maximum Gasteiger partial charge on any atom is 0.308 e. The number of ether oxygens (including phenoxy) is 1. The van der Waals surface area contributed by atoms with Gasteiger partial charge in [-0.05, 0) is 63.9 Å². The van der Waals surface area contributed by atoms with Crippen molar-refractivity contribution in [3.05, 3.63) is 77.6 Å². The van der Waals surface area contributed by atoms with E-state index < -0.39 is 23.8 Å².